The van der Waals surface area contributed by atoms with E-state index in [1.54, 1.807) is 19.1 Å². The molecule has 0 aliphatic carbocycles. The lowest BCUT2D eigenvalue weighted by Gasteiger charge is -2.36. The number of carbonyl (C=O) groups is 2. The van der Waals surface area contributed by atoms with Crippen LogP contribution < -0.4 is 10.2 Å². The van der Waals surface area contributed by atoms with E-state index in [0.717, 1.165) is 44.9 Å². The molecule has 5 aromatic carbocycles. The van der Waals surface area contributed by atoms with Crippen molar-refractivity contribution in [3.8, 4) is 17.2 Å². The van der Waals surface area contributed by atoms with Gasteiger partial charge in [0.15, 0.2) is 0 Å². The smallest absolute Gasteiger partial charge is 0.343 e. The molecule has 0 bridgehead atoms. The monoisotopic (exact) mass is 801 g/mol. The van der Waals surface area contributed by atoms with E-state index in [1.165, 1.54) is 0 Å². The molecule has 0 amide bonds. The number of esters is 2. The van der Waals surface area contributed by atoms with Gasteiger partial charge in [-0.25, -0.2) is 9.48 Å². The average molecular weight is 802 g/mol. The second-order valence-electron chi connectivity index (χ2n) is 14.7. The molecule has 12 heteroatoms. The van der Waals surface area contributed by atoms with Gasteiger partial charge in [0.05, 0.1) is 22.6 Å². The van der Waals surface area contributed by atoms with Crippen molar-refractivity contribution in [1.29, 1.82) is 0 Å². The number of benzene rings is 5. The van der Waals surface area contributed by atoms with Crippen LogP contribution in [0.1, 0.15) is 71.8 Å². The minimum atomic E-state index is -1.04. The van der Waals surface area contributed by atoms with Gasteiger partial charge in [-0.3, -0.25) is 4.79 Å². The molecule has 0 fully saturated rings. The van der Waals surface area contributed by atoms with Gasteiger partial charge < -0.3 is 29.0 Å². The van der Waals surface area contributed by atoms with Crippen LogP contribution in [0, 0.1) is 6.92 Å². The lowest BCUT2D eigenvalue weighted by Crippen LogP contribution is -2.39. The molecule has 0 saturated heterocycles. The van der Waals surface area contributed by atoms with E-state index in [2.05, 4.69) is 94.9 Å². The Morgan fingerprint density at radius 2 is 1.43 bits per heavy atom. The summed E-state index contributed by atoms with van der Waals surface area (Å²) in [6.07, 6.45) is 1.40. The fraction of sp³-hybridized carbons (Fsp3) is 0.229. The molecular weight excluding hydrogens is 755 g/mol. The highest BCUT2D eigenvalue weighted by atomic mass is 16.7. The van der Waals surface area contributed by atoms with Gasteiger partial charge in [0.25, 0.3) is 0 Å². The molecule has 2 atom stereocenters. The van der Waals surface area contributed by atoms with Crippen molar-refractivity contribution in [2.75, 3.05) is 16.8 Å². The SMILES string of the molecule is CCCC(=O)OC(C)OC(=O)c1cccc2c1N(Cc1ccc(-n3cc(C)cc3-c3nnnn3C(c3ccccc3)(c3ccccc3)c3ccccc3)cc1)C(OCC)N2. The number of anilines is 2. The van der Waals surface area contributed by atoms with Gasteiger partial charge in [-0.15, -0.1) is 5.10 Å². The van der Waals surface area contributed by atoms with Gasteiger partial charge in [0.1, 0.15) is 5.54 Å². The van der Waals surface area contributed by atoms with Gasteiger partial charge in [-0.1, -0.05) is 116 Å². The highest BCUT2D eigenvalue weighted by Gasteiger charge is 2.42. The van der Waals surface area contributed by atoms with Gasteiger partial charge in [0.2, 0.25) is 18.5 Å². The van der Waals surface area contributed by atoms with Gasteiger partial charge in [-0.2, -0.15) is 0 Å². The number of nitrogens with zero attached hydrogens (tertiary/aromatic N) is 6. The molecule has 0 radical (unpaired) electrons. The molecule has 1 N–H and O–H groups in total. The van der Waals surface area contributed by atoms with E-state index < -0.39 is 30.1 Å². The highest BCUT2D eigenvalue weighted by Crippen LogP contribution is 2.43. The van der Waals surface area contributed by atoms with E-state index in [4.69, 9.17) is 24.5 Å². The molecule has 0 spiro atoms. The first-order valence-electron chi connectivity index (χ1n) is 20.2. The summed E-state index contributed by atoms with van der Waals surface area (Å²) in [4.78, 5) is 27.6. The zero-order valence-corrected chi connectivity index (χ0v) is 34.1. The standard InChI is InChI=1S/C48H47N7O5/c1-5-17-43(56)59-34(4)60-46(57)40-24-16-25-41-44(40)54(47(49-41)58-6-2)32-35-26-28-39(29-27-35)53-31-33(3)30-42(53)45-50-51-52-55(45)48(36-18-10-7-11-19-36,37-20-12-8-13-21-37)38-22-14-9-15-23-38/h7-16,18-31,34,47,49H,5-6,17,32H2,1-4H3. The Hall–Kier alpha value is -7.05. The van der Waals surface area contributed by atoms with E-state index in [-0.39, 0.29) is 6.42 Å². The molecule has 3 heterocycles. The van der Waals surface area contributed by atoms with Crippen LogP contribution in [0.15, 0.2) is 146 Å². The Morgan fingerprint density at radius 3 is 2.03 bits per heavy atom. The van der Waals surface area contributed by atoms with Crippen LogP contribution in [-0.4, -0.2) is 56.0 Å². The van der Waals surface area contributed by atoms with Gasteiger partial charge >= 0.3 is 11.9 Å². The maximum atomic E-state index is 13.6. The van der Waals surface area contributed by atoms with E-state index in [1.807, 2.05) is 84.1 Å². The fourth-order valence-corrected chi connectivity index (χ4v) is 8.02. The minimum absolute atomic E-state index is 0.247. The lowest BCUT2D eigenvalue weighted by molar-refractivity contribution is -0.165. The van der Waals surface area contributed by atoms with Crippen molar-refractivity contribution < 1.29 is 23.8 Å². The Labute approximate surface area is 349 Å². The summed E-state index contributed by atoms with van der Waals surface area (Å²) in [5, 5.41) is 17.2. The quantitative estimate of drug-likeness (QED) is 0.0611. The molecule has 1 aliphatic heterocycles. The Bertz CT molecular complexity index is 2460. The molecule has 304 valence electrons. The molecule has 8 rings (SSSR count). The second-order valence-corrected chi connectivity index (χ2v) is 14.7. The van der Waals surface area contributed by atoms with Crippen LogP contribution in [0.25, 0.3) is 17.2 Å². The third kappa shape index (κ3) is 7.64. The second kappa shape index (κ2) is 17.4. The first-order chi connectivity index (χ1) is 29.3. The average Bonchev–Trinajstić information content (AvgIpc) is 4.00. The number of hydrogen-bond donors (Lipinski definition) is 1. The number of hydrogen-bond acceptors (Lipinski definition) is 10. The molecular formula is C48H47N7O5. The Morgan fingerprint density at radius 1 is 0.800 bits per heavy atom. The van der Waals surface area contributed by atoms with Crippen molar-refractivity contribution in [3.63, 3.8) is 0 Å². The summed E-state index contributed by atoms with van der Waals surface area (Å²) in [7, 11) is 0. The predicted octanol–water partition coefficient (Wildman–Crippen LogP) is 8.88. The third-order valence-corrected chi connectivity index (χ3v) is 10.6. The normalized spacial score (nSPS) is 14.0. The van der Waals surface area contributed by atoms with Crippen LogP contribution in [0.2, 0.25) is 0 Å². The number of ether oxygens (including phenoxy) is 3. The summed E-state index contributed by atoms with van der Waals surface area (Å²) in [5.41, 5.74) is 7.61. The number of nitrogens with one attached hydrogen (secondary N) is 1. The minimum Gasteiger partial charge on any atom is -0.425 e. The number of aryl methyl sites for hydroxylation is 1. The largest absolute Gasteiger partial charge is 0.425 e. The van der Waals surface area contributed by atoms with Crippen LogP contribution in [-0.2, 0) is 31.1 Å². The maximum absolute atomic E-state index is 13.6. The summed E-state index contributed by atoms with van der Waals surface area (Å²) >= 11 is 0. The zero-order valence-electron chi connectivity index (χ0n) is 34.1. The summed E-state index contributed by atoms with van der Waals surface area (Å²) in [6, 6.07) is 46.8. The molecule has 2 aromatic heterocycles. The summed E-state index contributed by atoms with van der Waals surface area (Å²) in [6.45, 7) is 8.27. The third-order valence-electron chi connectivity index (χ3n) is 10.6. The van der Waals surface area contributed by atoms with Crippen molar-refractivity contribution in [2.45, 2.75) is 65.3 Å². The number of fused-ring (bicyclic) bond motifs is 1. The topological polar surface area (TPSA) is 126 Å². The predicted molar refractivity (Wildman–Crippen MR) is 229 cm³/mol. The molecule has 2 unspecified atom stereocenters. The number of tetrazole rings is 1. The highest BCUT2D eigenvalue weighted by molar-refractivity contribution is 6.01. The summed E-state index contributed by atoms with van der Waals surface area (Å²) in [5.74, 6) is -0.423. The van der Waals surface area contributed by atoms with Crippen LogP contribution >= 0.6 is 0 Å². The van der Waals surface area contributed by atoms with E-state index in [0.29, 0.717) is 36.6 Å². The van der Waals surface area contributed by atoms with Crippen molar-refractivity contribution in [2.24, 2.45) is 0 Å². The van der Waals surface area contributed by atoms with Gasteiger partial charge in [-0.05, 0) is 88.8 Å². The molecule has 0 saturated carbocycles. The molecule has 1 aliphatic rings. The first-order valence-corrected chi connectivity index (χ1v) is 20.2. The van der Waals surface area contributed by atoms with Crippen LogP contribution in [0.5, 0.6) is 0 Å². The number of rotatable bonds is 15. The first kappa shape index (κ1) is 39.8. The number of carbonyl (C=O) groups excluding carboxylic acids is 2. The molecule has 12 nitrogen and oxygen atoms in total. The number of aromatic nitrogens is 5. The van der Waals surface area contributed by atoms with Crippen LogP contribution in [0.3, 0.4) is 0 Å². The summed E-state index contributed by atoms with van der Waals surface area (Å²) < 4.78 is 21.1. The van der Waals surface area contributed by atoms with Crippen molar-refractivity contribution in [3.05, 3.63) is 179 Å². The van der Waals surface area contributed by atoms with Gasteiger partial charge in [0, 0.05) is 38.4 Å². The fourth-order valence-electron chi connectivity index (χ4n) is 8.02. The number of para-hydroxylation sites is 1. The Balaban J connectivity index is 1.14. The van der Waals surface area contributed by atoms with Crippen molar-refractivity contribution in [1.82, 2.24) is 24.8 Å². The zero-order chi connectivity index (χ0) is 41.6. The maximum Gasteiger partial charge on any atom is 0.343 e. The van der Waals surface area contributed by atoms with Crippen LogP contribution in [0.4, 0.5) is 11.4 Å². The lowest BCUT2D eigenvalue weighted by atomic mass is 9.77. The molecule has 7 aromatic rings. The van der Waals surface area contributed by atoms with E-state index >= 15 is 0 Å². The molecule has 60 heavy (non-hydrogen) atoms. The Kier molecular flexibility index (Phi) is 11.6. The van der Waals surface area contributed by atoms with E-state index in [9.17, 15) is 9.59 Å². The van der Waals surface area contributed by atoms with Crippen molar-refractivity contribution >= 4 is 23.3 Å².